The summed E-state index contributed by atoms with van der Waals surface area (Å²) in [5.74, 6) is 1.02. The number of ether oxygens (including phenoxy) is 1. The van der Waals surface area contributed by atoms with Crippen molar-refractivity contribution < 1.29 is 4.74 Å². The van der Waals surface area contributed by atoms with Crippen LogP contribution in [0.5, 0.6) is 5.75 Å². The van der Waals surface area contributed by atoms with Gasteiger partial charge in [0.2, 0.25) is 0 Å². The molecule has 0 saturated carbocycles. The molecule has 20 heavy (non-hydrogen) atoms. The molecule has 0 aliphatic rings. The van der Waals surface area contributed by atoms with Crippen LogP contribution in [0.2, 0.25) is 0 Å². The summed E-state index contributed by atoms with van der Waals surface area (Å²) < 4.78 is 5.57. The van der Waals surface area contributed by atoms with Gasteiger partial charge in [-0.3, -0.25) is 0 Å². The number of aryl methyl sites for hydroxylation is 1. The van der Waals surface area contributed by atoms with Crippen LogP contribution in [0, 0.1) is 6.92 Å². The first kappa shape index (κ1) is 17.0. The molecule has 0 fully saturated rings. The maximum Gasteiger partial charge on any atom is 0.123 e. The van der Waals surface area contributed by atoms with Crippen LogP contribution < -0.4 is 10.1 Å². The van der Waals surface area contributed by atoms with Crippen molar-refractivity contribution in [1.82, 2.24) is 5.32 Å². The highest BCUT2D eigenvalue weighted by atomic mass is 16.5. The van der Waals surface area contributed by atoms with E-state index in [1.54, 1.807) is 7.11 Å². The number of benzene rings is 1. The standard InChI is InChI=1S/C18H31NO/c1-5-7-8-9-10-17(19-13-6-2)16-12-11-15(3)14-18(16)20-4/h11-12,14,17,19H,5-10,13H2,1-4H3. The van der Waals surface area contributed by atoms with E-state index >= 15 is 0 Å². The van der Waals surface area contributed by atoms with E-state index in [0.29, 0.717) is 6.04 Å². The topological polar surface area (TPSA) is 21.3 Å². The highest BCUT2D eigenvalue weighted by molar-refractivity contribution is 5.39. The van der Waals surface area contributed by atoms with Gasteiger partial charge in [-0.2, -0.15) is 0 Å². The second-order valence-corrected chi connectivity index (χ2v) is 5.60. The van der Waals surface area contributed by atoms with Crippen molar-refractivity contribution in [1.29, 1.82) is 0 Å². The van der Waals surface area contributed by atoms with Crippen LogP contribution in [-0.4, -0.2) is 13.7 Å². The molecule has 1 rings (SSSR count). The van der Waals surface area contributed by atoms with E-state index in [2.05, 4.69) is 44.3 Å². The lowest BCUT2D eigenvalue weighted by Crippen LogP contribution is -2.22. The molecule has 0 aliphatic heterocycles. The van der Waals surface area contributed by atoms with E-state index in [0.717, 1.165) is 12.3 Å². The van der Waals surface area contributed by atoms with Crippen LogP contribution >= 0.6 is 0 Å². The van der Waals surface area contributed by atoms with Crippen LogP contribution in [0.1, 0.15) is 69.5 Å². The van der Waals surface area contributed by atoms with Crippen molar-refractivity contribution in [3.8, 4) is 5.75 Å². The molecule has 0 aliphatic carbocycles. The predicted octanol–water partition coefficient (Wildman–Crippen LogP) is 5.01. The first-order valence-corrected chi connectivity index (χ1v) is 8.10. The zero-order valence-electron chi connectivity index (χ0n) is 13.7. The fraction of sp³-hybridized carbons (Fsp3) is 0.667. The molecule has 0 spiro atoms. The van der Waals surface area contributed by atoms with Crippen molar-refractivity contribution in [3.05, 3.63) is 29.3 Å². The number of methoxy groups -OCH3 is 1. The maximum atomic E-state index is 5.57. The summed E-state index contributed by atoms with van der Waals surface area (Å²) in [6.07, 6.45) is 7.60. The average molecular weight is 277 g/mol. The molecule has 1 aromatic carbocycles. The van der Waals surface area contributed by atoms with Gasteiger partial charge in [0, 0.05) is 11.6 Å². The first-order chi connectivity index (χ1) is 9.72. The summed E-state index contributed by atoms with van der Waals surface area (Å²) in [4.78, 5) is 0. The summed E-state index contributed by atoms with van der Waals surface area (Å²) in [7, 11) is 1.77. The molecular formula is C18H31NO. The second-order valence-electron chi connectivity index (χ2n) is 5.60. The van der Waals surface area contributed by atoms with Gasteiger partial charge in [-0.1, -0.05) is 51.7 Å². The third kappa shape index (κ3) is 5.54. The molecule has 114 valence electrons. The molecule has 1 aromatic rings. The summed E-state index contributed by atoms with van der Waals surface area (Å²) >= 11 is 0. The van der Waals surface area contributed by atoms with Crippen molar-refractivity contribution in [2.24, 2.45) is 0 Å². The van der Waals surface area contributed by atoms with Crippen molar-refractivity contribution in [3.63, 3.8) is 0 Å². The number of hydrogen-bond acceptors (Lipinski definition) is 2. The molecule has 0 amide bonds. The van der Waals surface area contributed by atoms with E-state index in [1.807, 2.05) is 0 Å². The van der Waals surface area contributed by atoms with Crippen LogP contribution in [0.25, 0.3) is 0 Å². The lowest BCUT2D eigenvalue weighted by atomic mass is 9.98. The zero-order chi connectivity index (χ0) is 14.8. The molecule has 0 saturated heterocycles. The van der Waals surface area contributed by atoms with Gasteiger partial charge in [0.15, 0.2) is 0 Å². The van der Waals surface area contributed by atoms with E-state index in [1.165, 1.54) is 49.7 Å². The second kappa shape index (κ2) is 9.82. The van der Waals surface area contributed by atoms with E-state index in [4.69, 9.17) is 4.74 Å². The van der Waals surface area contributed by atoms with Crippen LogP contribution in [0.15, 0.2) is 18.2 Å². The predicted molar refractivity (Wildman–Crippen MR) is 87.5 cm³/mol. The monoisotopic (exact) mass is 277 g/mol. The Balaban J connectivity index is 2.75. The molecule has 0 heterocycles. The van der Waals surface area contributed by atoms with Gasteiger partial charge < -0.3 is 10.1 Å². The lowest BCUT2D eigenvalue weighted by molar-refractivity contribution is 0.391. The summed E-state index contributed by atoms with van der Waals surface area (Å²) in [6.45, 7) is 7.65. The third-order valence-electron chi connectivity index (χ3n) is 3.75. The SMILES string of the molecule is CCCCCCC(NCCC)c1ccc(C)cc1OC. The highest BCUT2D eigenvalue weighted by Crippen LogP contribution is 2.29. The summed E-state index contributed by atoms with van der Waals surface area (Å²) in [5.41, 5.74) is 2.56. The summed E-state index contributed by atoms with van der Waals surface area (Å²) in [6, 6.07) is 6.97. The highest BCUT2D eigenvalue weighted by Gasteiger charge is 2.15. The maximum absolute atomic E-state index is 5.57. The van der Waals surface area contributed by atoms with E-state index in [-0.39, 0.29) is 0 Å². The van der Waals surface area contributed by atoms with E-state index in [9.17, 15) is 0 Å². The Bertz CT molecular complexity index is 376. The Hall–Kier alpha value is -1.02. The van der Waals surface area contributed by atoms with Crippen LogP contribution in [0.3, 0.4) is 0 Å². The molecule has 0 aromatic heterocycles. The summed E-state index contributed by atoms with van der Waals surface area (Å²) in [5, 5.41) is 3.68. The smallest absolute Gasteiger partial charge is 0.123 e. The quantitative estimate of drug-likeness (QED) is 0.607. The number of rotatable bonds is 10. The zero-order valence-corrected chi connectivity index (χ0v) is 13.7. The number of hydrogen-bond donors (Lipinski definition) is 1. The van der Waals surface area contributed by atoms with Gasteiger partial charge in [0.1, 0.15) is 5.75 Å². The minimum Gasteiger partial charge on any atom is -0.496 e. The Labute approximate surface area is 124 Å². The average Bonchev–Trinajstić information content (AvgIpc) is 2.47. The van der Waals surface area contributed by atoms with Crippen molar-refractivity contribution in [2.75, 3.05) is 13.7 Å². The molecule has 0 bridgehead atoms. The lowest BCUT2D eigenvalue weighted by Gasteiger charge is -2.21. The normalized spacial score (nSPS) is 12.4. The molecular weight excluding hydrogens is 246 g/mol. The minimum absolute atomic E-state index is 0.419. The van der Waals surface area contributed by atoms with Gasteiger partial charge in [-0.25, -0.2) is 0 Å². The Morgan fingerprint density at radius 1 is 1.10 bits per heavy atom. The molecule has 2 heteroatoms. The molecule has 1 N–H and O–H groups in total. The Morgan fingerprint density at radius 2 is 1.90 bits per heavy atom. The number of unbranched alkanes of at least 4 members (excludes halogenated alkanes) is 3. The van der Waals surface area contributed by atoms with E-state index < -0.39 is 0 Å². The largest absolute Gasteiger partial charge is 0.496 e. The van der Waals surface area contributed by atoms with Crippen molar-refractivity contribution >= 4 is 0 Å². The molecule has 1 unspecified atom stereocenters. The molecule has 0 radical (unpaired) electrons. The fourth-order valence-corrected chi connectivity index (χ4v) is 2.57. The first-order valence-electron chi connectivity index (χ1n) is 8.10. The molecule has 1 atom stereocenters. The van der Waals surface area contributed by atoms with Crippen molar-refractivity contribution in [2.45, 2.75) is 65.3 Å². The molecule has 2 nitrogen and oxygen atoms in total. The van der Waals surface area contributed by atoms with Crippen LogP contribution in [-0.2, 0) is 0 Å². The Morgan fingerprint density at radius 3 is 2.55 bits per heavy atom. The Kier molecular flexibility index (Phi) is 8.36. The third-order valence-corrected chi connectivity index (χ3v) is 3.75. The minimum atomic E-state index is 0.419. The van der Waals surface area contributed by atoms with Crippen LogP contribution in [0.4, 0.5) is 0 Å². The van der Waals surface area contributed by atoms with Gasteiger partial charge in [0.25, 0.3) is 0 Å². The number of nitrogens with one attached hydrogen (secondary N) is 1. The van der Waals surface area contributed by atoms with Gasteiger partial charge in [0.05, 0.1) is 7.11 Å². The fourth-order valence-electron chi connectivity index (χ4n) is 2.57. The van der Waals surface area contributed by atoms with Gasteiger partial charge in [-0.15, -0.1) is 0 Å². The van der Waals surface area contributed by atoms with Gasteiger partial charge >= 0.3 is 0 Å². The van der Waals surface area contributed by atoms with Gasteiger partial charge in [-0.05, 0) is 37.9 Å².